The van der Waals surface area contributed by atoms with E-state index < -0.39 is 16.0 Å². The van der Waals surface area contributed by atoms with Gasteiger partial charge in [0.25, 0.3) is 0 Å². The molecule has 0 amide bonds. The Morgan fingerprint density at radius 2 is 2.12 bits per heavy atom. The molecule has 1 saturated heterocycles. The number of rotatable bonds is 4. The monoisotopic (exact) mass is 397 g/mol. The fourth-order valence-corrected chi connectivity index (χ4v) is 5.62. The third-order valence-electron chi connectivity index (χ3n) is 4.69. The van der Waals surface area contributed by atoms with Gasteiger partial charge in [-0.05, 0) is 43.4 Å². The average molecular weight is 398 g/mol. The fourth-order valence-electron chi connectivity index (χ4n) is 3.39. The summed E-state index contributed by atoms with van der Waals surface area (Å²) in [5, 5.41) is 13.4. The maximum atomic E-state index is 13.1. The first-order valence-electron chi connectivity index (χ1n) is 8.24. The summed E-state index contributed by atoms with van der Waals surface area (Å²) in [5.74, 6) is -1.06. The summed E-state index contributed by atoms with van der Waals surface area (Å²) in [6, 6.07) is 6.68. The lowest BCUT2D eigenvalue weighted by Gasteiger charge is -2.32. The molecule has 0 aliphatic carbocycles. The van der Waals surface area contributed by atoms with Crippen LogP contribution in [-0.2, 0) is 17.1 Å². The highest BCUT2D eigenvalue weighted by Gasteiger charge is 2.35. The molecule has 1 aromatic heterocycles. The first-order valence-corrected chi connectivity index (χ1v) is 10.1. The first kappa shape index (κ1) is 18.9. The Hall–Kier alpha value is -1.90. The summed E-state index contributed by atoms with van der Waals surface area (Å²) in [7, 11) is -2.17. The molecule has 3 rings (SSSR count). The van der Waals surface area contributed by atoms with Crippen molar-refractivity contribution in [2.75, 3.05) is 13.1 Å². The first-order chi connectivity index (χ1) is 12.2. The van der Waals surface area contributed by atoms with Gasteiger partial charge < -0.3 is 5.11 Å². The van der Waals surface area contributed by atoms with Gasteiger partial charge in [0.05, 0.1) is 11.3 Å². The van der Waals surface area contributed by atoms with Crippen LogP contribution in [0.2, 0.25) is 5.15 Å². The molecule has 0 radical (unpaired) electrons. The highest BCUT2D eigenvalue weighted by atomic mass is 35.5. The van der Waals surface area contributed by atoms with Gasteiger partial charge in [0.2, 0.25) is 10.0 Å². The maximum absolute atomic E-state index is 13.1. The molecule has 2 aromatic rings. The molecular formula is C17H20ClN3O4S. The SMILES string of the molecule is Cc1nn(C)c(Cl)c1S(=O)(=O)N1CCC[C@H](c2cccc(C(=O)O)c2)C1. The van der Waals surface area contributed by atoms with Crippen molar-refractivity contribution in [3.63, 3.8) is 0 Å². The molecule has 7 nitrogen and oxygen atoms in total. The van der Waals surface area contributed by atoms with Crippen molar-refractivity contribution in [3.05, 3.63) is 46.2 Å². The lowest BCUT2D eigenvalue weighted by Crippen LogP contribution is -2.39. The summed E-state index contributed by atoms with van der Waals surface area (Å²) in [4.78, 5) is 11.2. The molecule has 0 unspecified atom stereocenters. The van der Waals surface area contributed by atoms with E-state index in [0.717, 1.165) is 12.0 Å². The quantitative estimate of drug-likeness (QED) is 0.856. The number of aromatic nitrogens is 2. The van der Waals surface area contributed by atoms with E-state index in [0.29, 0.717) is 18.7 Å². The molecular weight excluding hydrogens is 378 g/mol. The minimum Gasteiger partial charge on any atom is -0.478 e. The number of halogens is 1. The number of carbonyl (C=O) groups is 1. The normalized spacial score (nSPS) is 18.8. The molecule has 0 saturated carbocycles. The molecule has 26 heavy (non-hydrogen) atoms. The van der Waals surface area contributed by atoms with E-state index in [1.807, 2.05) is 6.07 Å². The molecule has 9 heteroatoms. The number of piperidine rings is 1. The molecule has 1 N–H and O–H groups in total. The zero-order valence-corrected chi connectivity index (χ0v) is 16.1. The smallest absolute Gasteiger partial charge is 0.335 e. The second-order valence-corrected chi connectivity index (χ2v) is 8.69. The van der Waals surface area contributed by atoms with Crippen LogP contribution in [-0.4, -0.2) is 46.7 Å². The summed E-state index contributed by atoms with van der Waals surface area (Å²) >= 11 is 6.16. The number of nitrogens with zero attached hydrogens (tertiary/aromatic N) is 3. The number of carboxylic acids is 1. The third kappa shape index (κ3) is 3.36. The van der Waals surface area contributed by atoms with Gasteiger partial charge in [-0.15, -0.1) is 0 Å². The van der Waals surface area contributed by atoms with E-state index in [4.69, 9.17) is 11.6 Å². The second-order valence-electron chi connectivity index (χ2n) is 6.46. The van der Waals surface area contributed by atoms with E-state index in [-0.39, 0.29) is 28.1 Å². The van der Waals surface area contributed by atoms with Gasteiger partial charge in [0.1, 0.15) is 10.0 Å². The Balaban J connectivity index is 1.91. The molecule has 1 atom stereocenters. The predicted molar refractivity (Wildman–Crippen MR) is 97.1 cm³/mol. The fraction of sp³-hybridized carbons (Fsp3) is 0.412. The molecule has 1 fully saturated rings. The van der Waals surface area contributed by atoms with Crippen LogP contribution in [0, 0.1) is 6.92 Å². The van der Waals surface area contributed by atoms with Crippen molar-refractivity contribution in [3.8, 4) is 0 Å². The van der Waals surface area contributed by atoms with E-state index >= 15 is 0 Å². The summed E-state index contributed by atoms with van der Waals surface area (Å²) in [6.07, 6.45) is 1.49. The summed E-state index contributed by atoms with van der Waals surface area (Å²) < 4.78 is 28.9. The molecule has 0 spiro atoms. The number of aryl methyl sites for hydroxylation is 2. The average Bonchev–Trinajstić information content (AvgIpc) is 2.87. The standard InChI is InChI=1S/C17H20ClN3O4S/c1-11-15(16(18)20(2)19-11)26(24,25)21-8-4-7-14(10-21)12-5-3-6-13(9-12)17(22)23/h3,5-6,9,14H,4,7-8,10H2,1-2H3,(H,22,23)/t14-/m0/s1. The van der Waals surface area contributed by atoms with Gasteiger partial charge in [-0.2, -0.15) is 9.40 Å². The summed E-state index contributed by atoms with van der Waals surface area (Å²) in [5.41, 5.74) is 1.40. The zero-order valence-electron chi connectivity index (χ0n) is 14.5. The van der Waals surface area contributed by atoms with Crippen LogP contribution in [0.1, 0.15) is 40.4 Å². The van der Waals surface area contributed by atoms with Gasteiger partial charge >= 0.3 is 5.97 Å². The molecule has 1 aromatic carbocycles. The Morgan fingerprint density at radius 3 is 2.73 bits per heavy atom. The topological polar surface area (TPSA) is 92.5 Å². The maximum Gasteiger partial charge on any atom is 0.335 e. The number of hydrogen-bond acceptors (Lipinski definition) is 4. The Morgan fingerprint density at radius 1 is 1.38 bits per heavy atom. The Labute approximate surface area is 157 Å². The largest absolute Gasteiger partial charge is 0.478 e. The van der Waals surface area contributed by atoms with Gasteiger partial charge in [-0.25, -0.2) is 13.2 Å². The second kappa shape index (κ2) is 7.02. The Bertz CT molecular complexity index is 955. The van der Waals surface area contributed by atoms with Crippen molar-refractivity contribution >= 4 is 27.6 Å². The van der Waals surface area contributed by atoms with Crippen LogP contribution in [0.15, 0.2) is 29.2 Å². The van der Waals surface area contributed by atoms with Crippen LogP contribution in [0.4, 0.5) is 0 Å². The van der Waals surface area contributed by atoms with Gasteiger partial charge in [-0.1, -0.05) is 23.7 Å². The van der Waals surface area contributed by atoms with Crippen LogP contribution in [0.5, 0.6) is 0 Å². The minimum atomic E-state index is -3.77. The summed E-state index contributed by atoms with van der Waals surface area (Å²) in [6.45, 7) is 2.31. The predicted octanol–water partition coefficient (Wildman–Crippen LogP) is 2.65. The highest BCUT2D eigenvalue weighted by Crippen LogP contribution is 2.33. The van der Waals surface area contributed by atoms with E-state index in [2.05, 4.69) is 5.10 Å². The number of hydrogen-bond donors (Lipinski definition) is 1. The lowest BCUT2D eigenvalue weighted by molar-refractivity contribution is 0.0696. The van der Waals surface area contributed by atoms with Crippen LogP contribution < -0.4 is 0 Å². The molecule has 0 bridgehead atoms. The van der Waals surface area contributed by atoms with Crippen molar-refractivity contribution in [2.45, 2.75) is 30.6 Å². The van der Waals surface area contributed by atoms with E-state index in [1.54, 1.807) is 26.1 Å². The number of carboxylic acid groups (broad SMARTS) is 1. The van der Waals surface area contributed by atoms with Crippen molar-refractivity contribution < 1.29 is 18.3 Å². The van der Waals surface area contributed by atoms with Crippen molar-refractivity contribution in [2.24, 2.45) is 7.05 Å². The number of sulfonamides is 1. The van der Waals surface area contributed by atoms with Crippen molar-refractivity contribution in [1.82, 2.24) is 14.1 Å². The lowest BCUT2D eigenvalue weighted by atomic mass is 9.91. The molecule has 1 aliphatic rings. The highest BCUT2D eigenvalue weighted by molar-refractivity contribution is 7.89. The van der Waals surface area contributed by atoms with Gasteiger partial charge in [0.15, 0.2) is 0 Å². The van der Waals surface area contributed by atoms with E-state index in [1.165, 1.54) is 15.1 Å². The molecule has 140 valence electrons. The third-order valence-corrected chi connectivity index (χ3v) is 7.25. The van der Waals surface area contributed by atoms with Crippen LogP contribution >= 0.6 is 11.6 Å². The number of benzene rings is 1. The minimum absolute atomic E-state index is 0.0432. The van der Waals surface area contributed by atoms with Gasteiger partial charge in [0, 0.05) is 20.1 Å². The molecule has 1 aliphatic heterocycles. The zero-order chi connectivity index (χ0) is 19.1. The van der Waals surface area contributed by atoms with Crippen LogP contribution in [0.3, 0.4) is 0 Å². The van der Waals surface area contributed by atoms with Crippen molar-refractivity contribution in [1.29, 1.82) is 0 Å². The van der Waals surface area contributed by atoms with E-state index in [9.17, 15) is 18.3 Å². The van der Waals surface area contributed by atoms with Gasteiger partial charge in [-0.3, -0.25) is 4.68 Å². The molecule has 2 heterocycles. The van der Waals surface area contributed by atoms with Crippen LogP contribution in [0.25, 0.3) is 0 Å². The Kier molecular flexibility index (Phi) is 5.09. The number of aromatic carboxylic acids is 1.